The second-order valence-corrected chi connectivity index (χ2v) is 8.14. The molecule has 4 rings (SSSR count). The van der Waals surface area contributed by atoms with E-state index in [-0.39, 0.29) is 12.2 Å². The van der Waals surface area contributed by atoms with Crippen molar-refractivity contribution in [2.24, 2.45) is 29.6 Å². The van der Waals surface area contributed by atoms with E-state index in [9.17, 15) is 9.59 Å². The summed E-state index contributed by atoms with van der Waals surface area (Å²) in [4.78, 5) is 23.8. The lowest BCUT2D eigenvalue weighted by atomic mass is 9.47. The number of carbonyl (C=O) groups is 2. The molecule has 0 N–H and O–H groups in total. The summed E-state index contributed by atoms with van der Waals surface area (Å²) < 4.78 is 11.0. The van der Waals surface area contributed by atoms with Gasteiger partial charge in [0.25, 0.3) is 0 Å². The molecule has 0 saturated heterocycles. The molecule has 4 aliphatic carbocycles. The van der Waals surface area contributed by atoms with Gasteiger partial charge in [-0.15, -0.1) is 0 Å². The number of rotatable bonds is 5. The zero-order valence-corrected chi connectivity index (χ0v) is 14.5. The lowest BCUT2D eigenvalue weighted by Crippen LogP contribution is -2.62. The van der Waals surface area contributed by atoms with Crippen LogP contribution in [0.15, 0.2) is 12.2 Å². The molecule has 4 heteroatoms. The van der Waals surface area contributed by atoms with Crippen molar-refractivity contribution in [1.29, 1.82) is 0 Å². The smallest absolute Gasteiger partial charge is 0.344 e. The van der Waals surface area contributed by atoms with Crippen LogP contribution in [0.2, 0.25) is 0 Å². The zero-order valence-electron chi connectivity index (χ0n) is 14.5. The Hall–Kier alpha value is -1.32. The standard InChI is InChI=1S/C19H28O4/c1-11(2)18(21)22-10-17(20)23-19(12(3)4)15-6-13-5-14(8-15)9-16(19)7-13/h12-16H,1,5-10H2,2-4H3. The summed E-state index contributed by atoms with van der Waals surface area (Å²) >= 11 is 0. The maximum atomic E-state index is 12.3. The van der Waals surface area contributed by atoms with Crippen molar-refractivity contribution in [1.82, 2.24) is 0 Å². The van der Waals surface area contributed by atoms with Gasteiger partial charge in [-0.3, -0.25) is 0 Å². The molecule has 0 unspecified atom stereocenters. The van der Waals surface area contributed by atoms with E-state index in [1.54, 1.807) is 6.92 Å². The lowest BCUT2D eigenvalue weighted by molar-refractivity contribution is -0.227. The predicted molar refractivity (Wildman–Crippen MR) is 86.5 cm³/mol. The third-order valence-electron chi connectivity index (χ3n) is 6.28. The molecule has 0 amide bonds. The molecule has 0 aromatic heterocycles. The molecule has 4 aliphatic rings. The van der Waals surface area contributed by atoms with Gasteiger partial charge in [-0.2, -0.15) is 0 Å². The van der Waals surface area contributed by atoms with Crippen LogP contribution in [0.5, 0.6) is 0 Å². The topological polar surface area (TPSA) is 52.6 Å². The molecule has 0 spiro atoms. The number of esters is 2. The highest BCUT2D eigenvalue weighted by Gasteiger charge is 2.60. The fraction of sp³-hybridized carbons (Fsp3) is 0.789. The molecule has 4 saturated carbocycles. The monoisotopic (exact) mass is 320 g/mol. The van der Waals surface area contributed by atoms with Gasteiger partial charge in [-0.05, 0) is 68.6 Å². The zero-order chi connectivity index (χ0) is 16.8. The Morgan fingerprint density at radius 2 is 1.61 bits per heavy atom. The Kier molecular flexibility index (Phi) is 4.28. The average molecular weight is 320 g/mol. The quantitative estimate of drug-likeness (QED) is 0.575. The van der Waals surface area contributed by atoms with E-state index < -0.39 is 11.9 Å². The van der Waals surface area contributed by atoms with Crippen molar-refractivity contribution in [2.45, 2.75) is 58.5 Å². The van der Waals surface area contributed by atoms with Crippen LogP contribution < -0.4 is 0 Å². The molecule has 0 radical (unpaired) electrons. The van der Waals surface area contributed by atoms with Crippen molar-refractivity contribution in [3.8, 4) is 0 Å². The first-order chi connectivity index (χ1) is 10.8. The Balaban J connectivity index is 1.71. The molecule has 0 aromatic rings. The van der Waals surface area contributed by atoms with E-state index in [0.29, 0.717) is 23.3 Å². The first-order valence-electron chi connectivity index (χ1n) is 8.87. The Morgan fingerprint density at radius 1 is 1.09 bits per heavy atom. The van der Waals surface area contributed by atoms with Gasteiger partial charge in [0.15, 0.2) is 6.61 Å². The molecular formula is C19H28O4. The van der Waals surface area contributed by atoms with E-state index in [1.807, 2.05) is 0 Å². The predicted octanol–water partition coefficient (Wildman–Crippen LogP) is 3.50. The minimum atomic E-state index is -0.536. The minimum Gasteiger partial charge on any atom is -0.456 e. The molecule has 0 atom stereocenters. The summed E-state index contributed by atoms with van der Waals surface area (Å²) in [6, 6.07) is 0. The van der Waals surface area contributed by atoms with Crippen LogP contribution in [0.4, 0.5) is 0 Å². The summed E-state index contributed by atoms with van der Waals surface area (Å²) in [7, 11) is 0. The van der Waals surface area contributed by atoms with Gasteiger partial charge in [0.1, 0.15) is 5.60 Å². The van der Waals surface area contributed by atoms with Crippen LogP contribution in [-0.2, 0) is 19.1 Å². The summed E-state index contributed by atoms with van der Waals surface area (Å²) in [5.41, 5.74) is -0.0638. The van der Waals surface area contributed by atoms with Crippen LogP contribution in [0.3, 0.4) is 0 Å². The van der Waals surface area contributed by atoms with E-state index >= 15 is 0 Å². The second-order valence-electron chi connectivity index (χ2n) is 8.14. The summed E-state index contributed by atoms with van der Waals surface area (Å²) in [6.07, 6.45) is 6.10. The molecule has 0 heterocycles. The van der Waals surface area contributed by atoms with Crippen molar-refractivity contribution < 1.29 is 19.1 Å². The van der Waals surface area contributed by atoms with Gasteiger partial charge in [-0.25, -0.2) is 9.59 Å². The van der Waals surface area contributed by atoms with Crippen molar-refractivity contribution in [3.05, 3.63) is 12.2 Å². The van der Waals surface area contributed by atoms with Gasteiger partial charge >= 0.3 is 11.9 Å². The minimum absolute atomic E-state index is 0.290. The third kappa shape index (κ3) is 2.81. The normalized spacial score (nSPS) is 37.7. The lowest BCUT2D eigenvalue weighted by Gasteiger charge is -2.61. The van der Waals surface area contributed by atoms with Crippen LogP contribution >= 0.6 is 0 Å². The van der Waals surface area contributed by atoms with Gasteiger partial charge in [0, 0.05) is 5.57 Å². The van der Waals surface area contributed by atoms with E-state index in [2.05, 4.69) is 20.4 Å². The molecule has 4 fully saturated rings. The van der Waals surface area contributed by atoms with Crippen LogP contribution in [0.1, 0.15) is 52.9 Å². The van der Waals surface area contributed by atoms with Gasteiger partial charge in [0.2, 0.25) is 0 Å². The molecule has 128 valence electrons. The number of carbonyl (C=O) groups excluding carboxylic acids is 2. The molecular weight excluding hydrogens is 292 g/mol. The number of hydrogen-bond donors (Lipinski definition) is 0. The molecule has 23 heavy (non-hydrogen) atoms. The summed E-state index contributed by atoms with van der Waals surface area (Å²) in [5.74, 6) is 1.93. The maximum absolute atomic E-state index is 12.3. The third-order valence-corrected chi connectivity index (χ3v) is 6.28. The van der Waals surface area contributed by atoms with Crippen LogP contribution in [0.25, 0.3) is 0 Å². The van der Waals surface area contributed by atoms with Crippen LogP contribution in [-0.4, -0.2) is 24.1 Å². The maximum Gasteiger partial charge on any atom is 0.344 e. The Morgan fingerprint density at radius 3 is 2.04 bits per heavy atom. The Bertz CT molecular complexity index is 491. The van der Waals surface area contributed by atoms with Crippen molar-refractivity contribution in [3.63, 3.8) is 0 Å². The molecule has 4 bridgehead atoms. The van der Waals surface area contributed by atoms with Crippen molar-refractivity contribution in [2.75, 3.05) is 6.61 Å². The largest absolute Gasteiger partial charge is 0.456 e. The summed E-state index contributed by atoms with van der Waals surface area (Å²) in [5, 5.41) is 0. The highest BCUT2D eigenvalue weighted by molar-refractivity contribution is 5.88. The van der Waals surface area contributed by atoms with E-state index in [1.165, 1.54) is 32.1 Å². The first-order valence-corrected chi connectivity index (χ1v) is 8.87. The van der Waals surface area contributed by atoms with Gasteiger partial charge in [0.05, 0.1) is 0 Å². The first kappa shape index (κ1) is 16.5. The fourth-order valence-corrected chi connectivity index (χ4v) is 5.62. The summed E-state index contributed by atoms with van der Waals surface area (Å²) in [6.45, 7) is 9.11. The average Bonchev–Trinajstić information content (AvgIpc) is 2.47. The highest BCUT2D eigenvalue weighted by atomic mass is 16.6. The molecule has 4 nitrogen and oxygen atoms in total. The number of ether oxygens (including phenoxy) is 2. The van der Waals surface area contributed by atoms with E-state index in [4.69, 9.17) is 9.47 Å². The van der Waals surface area contributed by atoms with Gasteiger partial charge < -0.3 is 9.47 Å². The van der Waals surface area contributed by atoms with Crippen molar-refractivity contribution >= 4 is 11.9 Å². The SMILES string of the molecule is C=C(C)C(=O)OCC(=O)OC1(C(C)C)C2CC3CC(C2)CC1C3. The van der Waals surface area contributed by atoms with E-state index in [0.717, 1.165) is 11.8 Å². The van der Waals surface area contributed by atoms with Crippen LogP contribution in [0, 0.1) is 29.6 Å². The number of hydrogen-bond acceptors (Lipinski definition) is 4. The fourth-order valence-electron chi connectivity index (χ4n) is 5.62. The van der Waals surface area contributed by atoms with Gasteiger partial charge in [-0.1, -0.05) is 20.4 Å². The molecule has 0 aliphatic heterocycles. The highest BCUT2D eigenvalue weighted by Crippen LogP contribution is 2.61. The Labute approximate surface area is 138 Å². The second kappa shape index (κ2) is 5.95. The molecule has 0 aromatic carbocycles.